The van der Waals surface area contributed by atoms with Crippen LogP contribution in [0.5, 0.6) is 0 Å². The SMILES string of the molecule is CCCN(Cc1cc(Cl)ccn1)C1CC1. The minimum absolute atomic E-state index is 0.784. The maximum Gasteiger partial charge on any atom is 0.0558 e. The molecule has 1 aliphatic carbocycles. The Bertz CT molecular complexity index is 323. The average Bonchev–Trinajstić information content (AvgIpc) is 3.00. The minimum Gasteiger partial charge on any atom is -0.295 e. The van der Waals surface area contributed by atoms with Crippen molar-refractivity contribution in [3.05, 3.63) is 29.0 Å². The Balaban J connectivity index is 1.98. The van der Waals surface area contributed by atoms with Crippen molar-refractivity contribution in [1.82, 2.24) is 9.88 Å². The molecule has 0 saturated heterocycles. The van der Waals surface area contributed by atoms with E-state index in [0.29, 0.717) is 0 Å². The van der Waals surface area contributed by atoms with Gasteiger partial charge in [0.1, 0.15) is 0 Å². The summed E-state index contributed by atoms with van der Waals surface area (Å²) in [5.74, 6) is 0. The van der Waals surface area contributed by atoms with Gasteiger partial charge in [0.05, 0.1) is 5.69 Å². The first-order valence-corrected chi connectivity index (χ1v) is 6.02. The first kappa shape index (κ1) is 10.9. The molecular weight excluding hydrogens is 208 g/mol. The summed E-state index contributed by atoms with van der Waals surface area (Å²) in [7, 11) is 0. The summed E-state index contributed by atoms with van der Waals surface area (Å²) in [5.41, 5.74) is 1.09. The fourth-order valence-electron chi connectivity index (χ4n) is 1.86. The highest BCUT2D eigenvalue weighted by atomic mass is 35.5. The molecule has 2 nitrogen and oxygen atoms in total. The second-order valence-electron chi connectivity index (χ2n) is 4.17. The van der Waals surface area contributed by atoms with Crippen LogP contribution >= 0.6 is 11.6 Å². The van der Waals surface area contributed by atoms with Crippen molar-refractivity contribution in [3.8, 4) is 0 Å². The molecule has 3 heteroatoms. The zero-order valence-electron chi connectivity index (χ0n) is 9.12. The molecule has 1 saturated carbocycles. The maximum atomic E-state index is 5.94. The van der Waals surface area contributed by atoms with Crippen molar-refractivity contribution >= 4 is 11.6 Å². The highest BCUT2D eigenvalue weighted by Gasteiger charge is 2.28. The van der Waals surface area contributed by atoms with Gasteiger partial charge in [0, 0.05) is 23.8 Å². The van der Waals surface area contributed by atoms with Gasteiger partial charge in [0.2, 0.25) is 0 Å². The van der Waals surface area contributed by atoms with E-state index in [1.165, 1.54) is 25.8 Å². The highest BCUT2D eigenvalue weighted by molar-refractivity contribution is 6.30. The van der Waals surface area contributed by atoms with Gasteiger partial charge in [-0.05, 0) is 37.9 Å². The summed E-state index contributed by atoms with van der Waals surface area (Å²) in [6.07, 6.45) is 5.69. The van der Waals surface area contributed by atoms with Crippen LogP contribution in [0.25, 0.3) is 0 Å². The number of hydrogen-bond acceptors (Lipinski definition) is 2. The molecule has 0 bridgehead atoms. The van der Waals surface area contributed by atoms with Crippen LogP contribution < -0.4 is 0 Å². The van der Waals surface area contributed by atoms with Gasteiger partial charge < -0.3 is 0 Å². The molecule has 0 atom stereocenters. The Morgan fingerprint density at radius 1 is 1.53 bits per heavy atom. The first-order chi connectivity index (χ1) is 7.29. The van der Waals surface area contributed by atoms with Crippen LogP contribution in [-0.2, 0) is 6.54 Å². The predicted octanol–water partition coefficient (Wildman–Crippen LogP) is 3.11. The Kier molecular flexibility index (Phi) is 3.60. The van der Waals surface area contributed by atoms with Gasteiger partial charge >= 0.3 is 0 Å². The third-order valence-corrected chi connectivity index (χ3v) is 2.95. The molecule has 1 aromatic heterocycles. The van der Waals surface area contributed by atoms with Gasteiger partial charge in [-0.15, -0.1) is 0 Å². The van der Waals surface area contributed by atoms with E-state index in [4.69, 9.17) is 11.6 Å². The van der Waals surface area contributed by atoms with E-state index in [1.54, 1.807) is 6.20 Å². The summed E-state index contributed by atoms with van der Waals surface area (Å²) in [4.78, 5) is 6.86. The molecule has 0 N–H and O–H groups in total. The molecule has 0 unspecified atom stereocenters. The van der Waals surface area contributed by atoms with Gasteiger partial charge in [-0.1, -0.05) is 18.5 Å². The van der Waals surface area contributed by atoms with Gasteiger partial charge in [0.15, 0.2) is 0 Å². The second kappa shape index (κ2) is 4.95. The molecule has 1 aromatic rings. The lowest BCUT2D eigenvalue weighted by molar-refractivity contribution is 0.252. The predicted molar refractivity (Wildman–Crippen MR) is 63.0 cm³/mol. The monoisotopic (exact) mass is 224 g/mol. The molecule has 2 rings (SSSR count). The van der Waals surface area contributed by atoms with Crippen molar-refractivity contribution in [2.45, 2.75) is 38.8 Å². The fourth-order valence-corrected chi connectivity index (χ4v) is 2.04. The lowest BCUT2D eigenvalue weighted by atomic mass is 10.3. The average molecular weight is 225 g/mol. The zero-order valence-corrected chi connectivity index (χ0v) is 9.87. The maximum absolute atomic E-state index is 5.94. The van der Waals surface area contributed by atoms with Crippen LogP contribution in [0.3, 0.4) is 0 Å². The lowest BCUT2D eigenvalue weighted by Gasteiger charge is -2.20. The quantitative estimate of drug-likeness (QED) is 0.764. The molecule has 0 amide bonds. The van der Waals surface area contributed by atoms with E-state index in [1.807, 2.05) is 12.1 Å². The van der Waals surface area contributed by atoms with Crippen LogP contribution in [0.2, 0.25) is 5.02 Å². The topological polar surface area (TPSA) is 16.1 Å². The molecular formula is C12H17ClN2. The van der Waals surface area contributed by atoms with Crippen molar-refractivity contribution in [3.63, 3.8) is 0 Å². The van der Waals surface area contributed by atoms with Gasteiger partial charge in [-0.2, -0.15) is 0 Å². The number of rotatable bonds is 5. The molecule has 1 aliphatic rings. The van der Waals surface area contributed by atoms with Crippen LogP contribution in [0.1, 0.15) is 31.9 Å². The standard InChI is InChI=1S/C12H17ClN2/c1-2-7-15(12-3-4-12)9-11-8-10(13)5-6-14-11/h5-6,8,12H,2-4,7,9H2,1H3. The number of aromatic nitrogens is 1. The van der Waals surface area contributed by atoms with Crippen molar-refractivity contribution in [2.75, 3.05) is 6.54 Å². The Labute approximate surface area is 96.3 Å². The molecule has 0 aliphatic heterocycles. The first-order valence-electron chi connectivity index (χ1n) is 5.64. The number of nitrogens with zero attached hydrogens (tertiary/aromatic N) is 2. The Morgan fingerprint density at radius 3 is 2.93 bits per heavy atom. The molecule has 15 heavy (non-hydrogen) atoms. The smallest absolute Gasteiger partial charge is 0.0558 e. The highest BCUT2D eigenvalue weighted by Crippen LogP contribution is 2.28. The molecule has 0 radical (unpaired) electrons. The molecule has 82 valence electrons. The number of halogens is 1. The van der Waals surface area contributed by atoms with Crippen LogP contribution in [-0.4, -0.2) is 22.5 Å². The van der Waals surface area contributed by atoms with Gasteiger partial charge in [-0.25, -0.2) is 0 Å². The van der Waals surface area contributed by atoms with E-state index < -0.39 is 0 Å². The van der Waals surface area contributed by atoms with Crippen molar-refractivity contribution < 1.29 is 0 Å². The normalized spacial score (nSPS) is 15.9. The molecule has 0 spiro atoms. The van der Waals surface area contributed by atoms with E-state index in [2.05, 4.69) is 16.8 Å². The summed E-state index contributed by atoms with van der Waals surface area (Å²) < 4.78 is 0. The number of hydrogen-bond donors (Lipinski definition) is 0. The van der Waals surface area contributed by atoms with E-state index in [0.717, 1.165) is 23.3 Å². The van der Waals surface area contributed by atoms with Gasteiger partial charge in [-0.3, -0.25) is 9.88 Å². The van der Waals surface area contributed by atoms with Crippen LogP contribution in [0.15, 0.2) is 18.3 Å². The third-order valence-electron chi connectivity index (χ3n) is 2.72. The summed E-state index contributed by atoms with van der Waals surface area (Å²) in [5, 5.41) is 0.784. The molecule has 1 fully saturated rings. The summed E-state index contributed by atoms with van der Waals surface area (Å²) in [6.45, 7) is 4.33. The van der Waals surface area contributed by atoms with Crippen LogP contribution in [0.4, 0.5) is 0 Å². The minimum atomic E-state index is 0.784. The molecule has 0 aromatic carbocycles. The van der Waals surface area contributed by atoms with E-state index >= 15 is 0 Å². The zero-order chi connectivity index (χ0) is 10.7. The van der Waals surface area contributed by atoms with E-state index in [-0.39, 0.29) is 0 Å². The largest absolute Gasteiger partial charge is 0.295 e. The molecule has 1 heterocycles. The van der Waals surface area contributed by atoms with Crippen molar-refractivity contribution in [1.29, 1.82) is 0 Å². The summed E-state index contributed by atoms with van der Waals surface area (Å²) >= 11 is 5.94. The van der Waals surface area contributed by atoms with Crippen molar-refractivity contribution in [2.24, 2.45) is 0 Å². The Morgan fingerprint density at radius 2 is 2.33 bits per heavy atom. The van der Waals surface area contributed by atoms with E-state index in [9.17, 15) is 0 Å². The Hall–Kier alpha value is -0.600. The fraction of sp³-hybridized carbons (Fsp3) is 0.583. The lowest BCUT2D eigenvalue weighted by Crippen LogP contribution is -2.26. The second-order valence-corrected chi connectivity index (χ2v) is 4.60. The third kappa shape index (κ3) is 3.18. The number of pyridine rings is 1. The summed E-state index contributed by atoms with van der Waals surface area (Å²) in [6, 6.07) is 4.59. The van der Waals surface area contributed by atoms with Crippen LogP contribution in [0, 0.1) is 0 Å². The van der Waals surface area contributed by atoms with Gasteiger partial charge in [0.25, 0.3) is 0 Å².